The van der Waals surface area contributed by atoms with Gasteiger partial charge in [0.1, 0.15) is 10.8 Å². The van der Waals surface area contributed by atoms with Crippen LogP contribution >= 0.6 is 22.9 Å². The molecular weight excluding hydrogens is 498 g/mol. The van der Waals surface area contributed by atoms with Gasteiger partial charge in [-0.1, -0.05) is 17.7 Å². The number of nitrogens with one attached hydrogen (secondary N) is 1. The van der Waals surface area contributed by atoms with Crippen molar-refractivity contribution >= 4 is 40.2 Å². The predicted molar refractivity (Wildman–Crippen MR) is 107 cm³/mol. The van der Waals surface area contributed by atoms with E-state index in [-0.39, 0.29) is 17.0 Å². The molecule has 33 heavy (non-hydrogen) atoms. The Labute approximate surface area is 189 Å². The topological polar surface area (TPSA) is 68.5 Å². The molecule has 0 aliphatic rings. The molecule has 3 heterocycles. The molecule has 0 fully saturated rings. The first-order chi connectivity index (χ1) is 15.4. The second-order valence-electron chi connectivity index (χ2n) is 6.43. The van der Waals surface area contributed by atoms with Crippen LogP contribution in [-0.4, -0.2) is 26.9 Å². The average molecular weight is 507 g/mol. The van der Waals surface area contributed by atoms with E-state index in [1.807, 2.05) is 0 Å². The standard InChI is InChI=1S/C19H9ClF6N4O2S/c20-14-15(17(31)27-9-3-5-10(6-4-9)32-19(24,25)26)29-30-13(18(21,22)23)8-11(28-16(14)30)12-2-1-7-33-12/h1-8H,(H,27,31). The SMILES string of the molecule is O=C(Nc1ccc(OC(F)(F)F)cc1)c1nn2c(C(F)(F)F)cc(-c3cccs3)nc2c1Cl. The molecule has 0 radical (unpaired) electrons. The lowest BCUT2D eigenvalue weighted by atomic mass is 10.2. The van der Waals surface area contributed by atoms with Crippen molar-refractivity contribution in [3.05, 3.63) is 64.3 Å². The number of benzene rings is 1. The van der Waals surface area contributed by atoms with E-state index in [1.54, 1.807) is 17.5 Å². The number of nitrogens with zero attached hydrogens (tertiary/aromatic N) is 3. The summed E-state index contributed by atoms with van der Waals surface area (Å²) < 4.78 is 81.9. The van der Waals surface area contributed by atoms with Crippen LogP contribution in [0.25, 0.3) is 16.2 Å². The van der Waals surface area contributed by atoms with Crippen LogP contribution in [0.2, 0.25) is 5.02 Å². The number of anilines is 1. The summed E-state index contributed by atoms with van der Waals surface area (Å²) in [5, 5.41) is 7.23. The summed E-state index contributed by atoms with van der Waals surface area (Å²) in [7, 11) is 0. The largest absolute Gasteiger partial charge is 0.573 e. The number of hydrogen-bond donors (Lipinski definition) is 1. The van der Waals surface area contributed by atoms with Crippen molar-refractivity contribution in [2.45, 2.75) is 12.5 Å². The van der Waals surface area contributed by atoms with E-state index in [9.17, 15) is 31.1 Å². The minimum absolute atomic E-state index is 0.00108. The van der Waals surface area contributed by atoms with Crippen LogP contribution in [0.3, 0.4) is 0 Å². The monoisotopic (exact) mass is 506 g/mol. The molecule has 0 saturated heterocycles. The number of hydrogen-bond acceptors (Lipinski definition) is 5. The Morgan fingerprint density at radius 1 is 1.09 bits per heavy atom. The van der Waals surface area contributed by atoms with Gasteiger partial charge in [0.15, 0.2) is 17.0 Å². The zero-order chi connectivity index (χ0) is 24.0. The zero-order valence-electron chi connectivity index (χ0n) is 15.8. The van der Waals surface area contributed by atoms with Crippen LogP contribution in [-0.2, 0) is 6.18 Å². The van der Waals surface area contributed by atoms with Crippen LogP contribution in [0.1, 0.15) is 16.2 Å². The molecule has 14 heteroatoms. The Hall–Kier alpha value is -3.32. The first kappa shape index (κ1) is 22.9. The summed E-state index contributed by atoms with van der Waals surface area (Å²) >= 11 is 7.32. The van der Waals surface area contributed by atoms with Gasteiger partial charge < -0.3 is 10.1 Å². The minimum atomic E-state index is -4.89. The van der Waals surface area contributed by atoms with Crippen molar-refractivity contribution in [1.82, 2.24) is 14.6 Å². The molecule has 4 rings (SSSR count). The first-order valence-electron chi connectivity index (χ1n) is 8.80. The van der Waals surface area contributed by atoms with Crippen LogP contribution < -0.4 is 10.1 Å². The molecule has 0 saturated carbocycles. The van der Waals surface area contributed by atoms with Crippen LogP contribution in [0.5, 0.6) is 5.75 Å². The molecule has 172 valence electrons. The highest BCUT2D eigenvalue weighted by atomic mass is 35.5. The van der Waals surface area contributed by atoms with Gasteiger partial charge in [-0.15, -0.1) is 24.5 Å². The zero-order valence-corrected chi connectivity index (χ0v) is 17.4. The summed E-state index contributed by atoms with van der Waals surface area (Å²) in [6.07, 6.45) is -9.72. The van der Waals surface area contributed by atoms with Gasteiger partial charge in [0.2, 0.25) is 0 Å². The summed E-state index contributed by atoms with van der Waals surface area (Å²) in [5.74, 6) is -1.51. The van der Waals surface area contributed by atoms with Gasteiger partial charge in [0.05, 0.1) is 10.6 Å². The Balaban J connectivity index is 1.69. The Morgan fingerprint density at radius 2 is 1.79 bits per heavy atom. The number of amides is 1. The smallest absolute Gasteiger partial charge is 0.406 e. The lowest BCUT2D eigenvalue weighted by molar-refractivity contribution is -0.274. The van der Waals surface area contributed by atoms with E-state index >= 15 is 0 Å². The van der Waals surface area contributed by atoms with Crippen LogP contribution in [0, 0.1) is 0 Å². The van der Waals surface area contributed by atoms with E-state index in [0.717, 1.165) is 30.3 Å². The third-order valence-electron chi connectivity index (χ3n) is 4.16. The quantitative estimate of drug-likeness (QED) is 0.331. The van der Waals surface area contributed by atoms with Gasteiger partial charge in [-0.05, 0) is 41.8 Å². The van der Waals surface area contributed by atoms with Crippen molar-refractivity contribution in [3.8, 4) is 16.3 Å². The summed E-state index contributed by atoms with van der Waals surface area (Å²) in [4.78, 5) is 17.2. The predicted octanol–water partition coefficient (Wildman–Crippen LogP) is 6.28. The number of carbonyl (C=O) groups excluding carboxylic acids is 1. The average Bonchev–Trinajstić information content (AvgIpc) is 3.36. The Kier molecular flexibility index (Phi) is 5.70. The number of carbonyl (C=O) groups is 1. The molecule has 0 aliphatic heterocycles. The van der Waals surface area contributed by atoms with Gasteiger partial charge in [-0.3, -0.25) is 4.79 Å². The van der Waals surface area contributed by atoms with E-state index in [0.29, 0.717) is 9.39 Å². The molecule has 3 aromatic heterocycles. The maximum Gasteiger partial charge on any atom is 0.573 e. The number of fused-ring (bicyclic) bond motifs is 1. The third-order valence-corrected chi connectivity index (χ3v) is 5.40. The number of alkyl halides is 6. The van der Waals surface area contributed by atoms with Crippen molar-refractivity contribution in [2.75, 3.05) is 5.32 Å². The third kappa shape index (κ3) is 4.88. The number of rotatable bonds is 4. The molecule has 0 spiro atoms. The number of thiophene rings is 1. The highest BCUT2D eigenvalue weighted by Gasteiger charge is 2.37. The molecule has 6 nitrogen and oxygen atoms in total. The molecule has 4 aromatic rings. The lowest BCUT2D eigenvalue weighted by Gasteiger charge is -2.10. The molecule has 1 N–H and O–H groups in total. The second-order valence-corrected chi connectivity index (χ2v) is 7.75. The molecule has 0 unspecified atom stereocenters. The van der Waals surface area contributed by atoms with Gasteiger partial charge in [-0.25, -0.2) is 9.50 Å². The van der Waals surface area contributed by atoms with Crippen molar-refractivity contribution in [1.29, 1.82) is 0 Å². The van der Waals surface area contributed by atoms with Crippen molar-refractivity contribution in [3.63, 3.8) is 0 Å². The Morgan fingerprint density at radius 3 is 2.36 bits per heavy atom. The van der Waals surface area contributed by atoms with E-state index in [1.165, 1.54) is 11.3 Å². The second kappa shape index (κ2) is 8.23. The lowest BCUT2D eigenvalue weighted by Crippen LogP contribution is -2.17. The summed E-state index contributed by atoms with van der Waals surface area (Å²) in [5.41, 5.74) is -2.09. The fraction of sp³-hybridized carbons (Fsp3) is 0.105. The number of ether oxygens (including phenoxy) is 1. The molecule has 0 atom stereocenters. The number of halogens is 7. The molecule has 1 amide bonds. The van der Waals surface area contributed by atoms with E-state index in [2.05, 4.69) is 20.1 Å². The van der Waals surface area contributed by atoms with Crippen molar-refractivity contribution < 1.29 is 35.9 Å². The van der Waals surface area contributed by atoms with Crippen molar-refractivity contribution in [2.24, 2.45) is 0 Å². The van der Waals surface area contributed by atoms with E-state index < -0.39 is 40.6 Å². The fourth-order valence-electron chi connectivity index (χ4n) is 2.82. The normalized spacial score (nSPS) is 12.2. The molecule has 0 bridgehead atoms. The fourth-order valence-corrected chi connectivity index (χ4v) is 3.75. The van der Waals surface area contributed by atoms with Crippen LogP contribution in [0.4, 0.5) is 32.0 Å². The highest BCUT2D eigenvalue weighted by molar-refractivity contribution is 7.13. The maximum absolute atomic E-state index is 13.7. The molecule has 1 aromatic carbocycles. The summed E-state index contributed by atoms with van der Waals surface area (Å²) in [6.45, 7) is 0. The minimum Gasteiger partial charge on any atom is -0.406 e. The van der Waals surface area contributed by atoms with Gasteiger partial charge in [0.25, 0.3) is 5.91 Å². The van der Waals surface area contributed by atoms with Gasteiger partial charge in [0, 0.05) is 5.69 Å². The summed E-state index contributed by atoms with van der Waals surface area (Å²) in [6, 6.07) is 8.13. The Bertz CT molecular complexity index is 1320. The first-order valence-corrected chi connectivity index (χ1v) is 10.1. The maximum atomic E-state index is 13.7. The van der Waals surface area contributed by atoms with E-state index in [4.69, 9.17) is 11.6 Å². The molecular formula is C19H9ClF6N4O2S. The molecule has 0 aliphatic carbocycles. The number of aromatic nitrogens is 3. The van der Waals surface area contributed by atoms with Gasteiger partial charge >= 0.3 is 12.5 Å². The van der Waals surface area contributed by atoms with Crippen LogP contribution in [0.15, 0.2) is 47.8 Å². The van der Waals surface area contributed by atoms with Gasteiger partial charge in [-0.2, -0.15) is 18.3 Å². The highest BCUT2D eigenvalue weighted by Crippen LogP contribution is 2.35.